The molecule has 0 amide bonds. The van der Waals surface area contributed by atoms with E-state index in [-0.39, 0.29) is 11.4 Å². The van der Waals surface area contributed by atoms with Crippen molar-refractivity contribution in [3.63, 3.8) is 0 Å². The van der Waals surface area contributed by atoms with Gasteiger partial charge in [-0.1, -0.05) is 18.2 Å². The second-order valence-corrected chi connectivity index (χ2v) is 6.64. The van der Waals surface area contributed by atoms with Gasteiger partial charge in [-0.15, -0.1) is 0 Å². The lowest BCUT2D eigenvalue weighted by molar-refractivity contribution is 0.343. The molecule has 0 aliphatic carbocycles. The van der Waals surface area contributed by atoms with Gasteiger partial charge in [0.05, 0.1) is 0 Å². The Hall–Kier alpha value is -2.92. The lowest BCUT2D eigenvalue weighted by atomic mass is 10.0. The van der Waals surface area contributed by atoms with Gasteiger partial charge in [0.15, 0.2) is 0 Å². The first-order valence-corrected chi connectivity index (χ1v) is 8.64. The monoisotopic (exact) mass is 349 g/mol. The zero-order valence-corrected chi connectivity index (χ0v) is 14.6. The fourth-order valence-electron chi connectivity index (χ4n) is 3.43. The summed E-state index contributed by atoms with van der Waals surface area (Å²) in [5.41, 5.74) is 4.72. The highest BCUT2D eigenvalue weighted by atomic mass is 19.1. The maximum absolute atomic E-state index is 13.7. The van der Waals surface area contributed by atoms with Crippen LogP contribution in [0.25, 0.3) is 11.3 Å². The van der Waals surface area contributed by atoms with E-state index in [1.807, 2.05) is 18.2 Å². The molecule has 4 rings (SSSR count). The molecule has 0 radical (unpaired) electrons. The molecule has 1 N–H and O–H groups in total. The largest absolute Gasteiger partial charge is 0.340 e. The van der Waals surface area contributed by atoms with E-state index in [1.165, 1.54) is 12.1 Å². The molecule has 2 heterocycles. The van der Waals surface area contributed by atoms with E-state index in [2.05, 4.69) is 34.0 Å². The normalized spacial score (nSPS) is 14.8. The van der Waals surface area contributed by atoms with Crippen LogP contribution in [0.2, 0.25) is 0 Å². The molecule has 0 atom stereocenters. The van der Waals surface area contributed by atoms with Crippen LogP contribution < -0.4 is 10.5 Å². The Morgan fingerprint density at radius 2 is 1.85 bits per heavy atom. The van der Waals surface area contributed by atoms with Crippen LogP contribution in [0.3, 0.4) is 0 Å². The summed E-state index contributed by atoms with van der Waals surface area (Å²) in [5.74, 6) is -0.236. The Morgan fingerprint density at radius 3 is 2.65 bits per heavy atom. The number of fused-ring (bicyclic) bond motifs is 1. The highest BCUT2D eigenvalue weighted by Gasteiger charge is 2.20. The van der Waals surface area contributed by atoms with Gasteiger partial charge in [-0.05, 0) is 54.6 Å². The molecule has 4 nitrogen and oxygen atoms in total. The summed E-state index contributed by atoms with van der Waals surface area (Å²) in [6, 6.07) is 18.0. The molecular formula is C21H20FN3O. The molecule has 3 aromatic rings. The van der Waals surface area contributed by atoms with Crippen molar-refractivity contribution in [2.75, 3.05) is 25.0 Å². The summed E-state index contributed by atoms with van der Waals surface area (Å²) in [5, 5.41) is 0. The second-order valence-electron chi connectivity index (χ2n) is 6.64. The standard InChI is InChI=1S/C21H20FN3O/c1-24-10-11-25(18-5-2-4-17(22)13-18)20-9-8-15(12-16(20)14-24)19-6-3-7-21(26)23-19/h2-9,12-13H,10-11,14H2,1H3,(H,23,26). The van der Waals surface area contributed by atoms with Crippen molar-refractivity contribution in [2.45, 2.75) is 6.54 Å². The topological polar surface area (TPSA) is 39.3 Å². The third-order valence-electron chi connectivity index (χ3n) is 4.72. The summed E-state index contributed by atoms with van der Waals surface area (Å²) < 4.78 is 13.7. The number of anilines is 2. The average Bonchev–Trinajstić information content (AvgIpc) is 2.79. The van der Waals surface area contributed by atoms with Gasteiger partial charge in [0.1, 0.15) is 5.82 Å². The van der Waals surface area contributed by atoms with Crippen LogP contribution in [0.1, 0.15) is 5.56 Å². The van der Waals surface area contributed by atoms with Gasteiger partial charge in [-0.3, -0.25) is 4.79 Å². The fourth-order valence-corrected chi connectivity index (χ4v) is 3.43. The Morgan fingerprint density at radius 1 is 1.00 bits per heavy atom. The molecule has 26 heavy (non-hydrogen) atoms. The number of aromatic amines is 1. The Balaban J connectivity index is 1.80. The van der Waals surface area contributed by atoms with E-state index < -0.39 is 0 Å². The summed E-state index contributed by atoms with van der Waals surface area (Å²) in [6.45, 7) is 2.46. The number of likely N-dealkylation sites (N-methyl/N-ethyl adjacent to an activating group) is 1. The van der Waals surface area contributed by atoms with Crippen molar-refractivity contribution in [1.29, 1.82) is 0 Å². The number of pyridine rings is 1. The van der Waals surface area contributed by atoms with Crippen molar-refractivity contribution < 1.29 is 4.39 Å². The summed E-state index contributed by atoms with van der Waals surface area (Å²) >= 11 is 0. The maximum Gasteiger partial charge on any atom is 0.248 e. The average molecular weight is 349 g/mol. The molecule has 0 spiro atoms. The fraction of sp³-hybridized carbons (Fsp3) is 0.190. The van der Waals surface area contributed by atoms with Crippen molar-refractivity contribution in [1.82, 2.24) is 9.88 Å². The van der Waals surface area contributed by atoms with E-state index >= 15 is 0 Å². The van der Waals surface area contributed by atoms with Crippen molar-refractivity contribution in [3.05, 3.63) is 82.4 Å². The van der Waals surface area contributed by atoms with Crippen molar-refractivity contribution >= 4 is 11.4 Å². The van der Waals surface area contributed by atoms with Gasteiger partial charge in [0, 0.05) is 42.8 Å². The van der Waals surface area contributed by atoms with E-state index in [1.54, 1.807) is 18.2 Å². The van der Waals surface area contributed by atoms with Gasteiger partial charge in [-0.25, -0.2) is 4.39 Å². The summed E-state index contributed by atoms with van der Waals surface area (Å²) in [4.78, 5) is 18.9. The molecule has 1 aromatic heterocycles. The molecule has 2 aromatic carbocycles. The molecular weight excluding hydrogens is 329 g/mol. The first-order chi connectivity index (χ1) is 12.6. The van der Waals surface area contributed by atoms with E-state index in [4.69, 9.17) is 0 Å². The Kier molecular flexibility index (Phi) is 4.31. The molecule has 1 aliphatic rings. The lowest BCUT2D eigenvalue weighted by Crippen LogP contribution is -2.26. The van der Waals surface area contributed by atoms with E-state index in [0.29, 0.717) is 0 Å². The quantitative estimate of drug-likeness (QED) is 0.766. The van der Waals surface area contributed by atoms with Gasteiger partial charge < -0.3 is 14.8 Å². The van der Waals surface area contributed by atoms with Crippen molar-refractivity contribution in [2.24, 2.45) is 0 Å². The van der Waals surface area contributed by atoms with Crippen LogP contribution in [0, 0.1) is 5.82 Å². The van der Waals surface area contributed by atoms with E-state index in [0.717, 1.165) is 47.8 Å². The van der Waals surface area contributed by atoms with E-state index in [9.17, 15) is 9.18 Å². The third-order valence-corrected chi connectivity index (χ3v) is 4.72. The first kappa shape index (κ1) is 16.5. The third kappa shape index (κ3) is 3.26. The molecule has 132 valence electrons. The van der Waals surface area contributed by atoms with Gasteiger partial charge in [0.2, 0.25) is 5.56 Å². The number of H-pyrrole nitrogens is 1. The predicted molar refractivity (Wildman–Crippen MR) is 102 cm³/mol. The minimum Gasteiger partial charge on any atom is -0.340 e. The smallest absolute Gasteiger partial charge is 0.248 e. The molecule has 0 unspecified atom stereocenters. The minimum absolute atomic E-state index is 0.115. The summed E-state index contributed by atoms with van der Waals surface area (Å²) in [6.07, 6.45) is 0. The zero-order chi connectivity index (χ0) is 18.1. The molecule has 5 heteroatoms. The number of hydrogen-bond donors (Lipinski definition) is 1. The number of rotatable bonds is 2. The number of halogens is 1. The summed E-state index contributed by atoms with van der Waals surface area (Å²) in [7, 11) is 2.08. The van der Waals surface area contributed by atoms with Crippen LogP contribution >= 0.6 is 0 Å². The lowest BCUT2D eigenvalue weighted by Gasteiger charge is -2.25. The first-order valence-electron chi connectivity index (χ1n) is 8.64. The zero-order valence-electron chi connectivity index (χ0n) is 14.6. The maximum atomic E-state index is 13.7. The van der Waals surface area contributed by atoms with Gasteiger partial charge in [0.25, 0.3) is 0 Å². The number of aromatic nitrogens is 1. The highest BCUT2D eigenvalue weighted by Crippen LogP contribution is 2.34. The van der Waals surface area contributed by atoms with Crippen LogP contribution in [0.15, 0.2) is 65.5 Å². The number of nitrogens with one attached hydrogen (secondary N) is 1. The number of hydrogen-bond acceptors (Lipinski definition) is 3. The molecule has 0 fully saturated rings. The predicted octanol–water partition coefficient (Wildman–Crippen LogP) is 3.76. The molecule has 1 aliphatic heterocycles. The Labute approximate surface area is 151 Å². The SMILES string of the molecule is CN1CCN(c2cccc(F)c2)c2ccc(-c3cccc(=O)[nH]3)cc2C1. The number of benzene rings is 2. The second kappa shape index (κ2) is 6.77. The molecule has 0 saturated heterocycles. The molecule has 0 bridgehead atoms. The number of nitrogens with zero attached hydrogens (tertiary/aromatic N) is 2. The van der Waals surface area contributed by atoms with Crippen LogP contribution in [0.4, 0.5) is 15.8 Å². The molecule has 0 saturated carbocycles. The van der Waals surface area contributed by atoms with Crippen LogP contribution in [-0.4, -0.2) is 30.0 Å². The highest BCUT2D eigenvalue weighted by molar-refractivity contribution is 5.72. The van der Waals surface area contributed by atoms with Crippen LogP contribution in [0.5, 0.6) is 0 Å². The van der Waals surface area contributed by atoms with Gasteiger partial charge in [-0.2, -0.15) is 0 Å². The van der Waals surface area contributed by atoms with Crippen LogP contribution in [-0.2, 0) is 6.54 Å². The Bertz CT molecular complexity index is 998. The van der Waals surface area contributed by atoms with Crippen molar-refractivity contribution in [3.8, 4) is 11.3 Å². The minimum atomic E-state index is -0.236. The van der Waals surface area contributed by atoms with Gasteiger partial charge >= 0.3 is 0 Å².